The van der Waals surface area contributed by atoms with E-state index in [2.05, 4.69) is 15.2 Å². The van der Waals surface area contributed by atoms with E-state index in [1.807, 2.05) is 42.5 Å². The van der Waals surface area contributed by atoms with Gasteiger partial charge in [-0.1, -0.05) is 36.4 Å². The monoisotopic (exact) mass is 365 g/mol. The highest BCUT2D eigenvalue weighted by Crippen LogP contribution is 2.20. The van der Waals surface area contributed by atoms with Gasteiger partial charge in [-0.15, -0.1) is 0 Å². The third-order valence-electron chi connectivity index (χ3n) is 5.38. The number of hydrogen-bond donors (Lipinski definition) is 2. The Hall–Kier alpha value is -2.66. The Kier molecular flexibility index (Phi) is 5.21. The summed E-state index contributed by atoms with van der Waals surface area (Å²) in [6.45, 7) is 3.20. The van der Waals surface area contributed by atoms with Crippen molar-refractivity contribution in [3.05, 3.63) is 71.7 Å². The van der Waals surface area contributed by atoms with E-state index >= 15 is 0 Å². The first-order chi connectivity index (χ1) is 13.2. The number of aromatic nitrogens is 1. The largest absolute Gasteiger partial charge is 0.351 e. The van der Waals surface area contributed by atoms with Crippen molar-refractivity contribution in [3.8, 4) is 0 Å². The third kappa shape index (κ3) is 4.19. The first-order valence-corrected chi connectivity index (χ1v) is 9.51. The van der Waals surface area contributed by atoms with Crippen LogP contribution in [-0.2, 0) is 6.54 Å². The molecule has 0 atom stereocenters. The fourth-order valence-electron chi connectivity index (χ4n) is 3.74. The molecule has 1 aromatic heterocycles. The van der Waals surface area contributed by atoms with Crippen LogP contribution >= 0.6 is 0 Å². The van der Waals surface area contributed by atoms with Crippen LogP contribution < -0.4 is 5.32 Å². The molecule has 0 radical (unpaired) electrons. The van der Waals surface area contributed by atoms with E-state index in [-0.39, 0.29) is 11.7 Å². The second-order valence-electron chi connectivity index (χ2n) is 7.29. The minimum Gasteiger partial charge on any atom is -0.351 e. The van der Waals surface area contributed by atoms with E-state index < -0.39 is 0 Å². The number of fused-ring (bicyclic) bond motifs is 1. The second-order valence-corrected chi connectivity index (χ2v) is 7.29. The molecule has 1 aliphatic heterocycles. The molecule has 1 fully saturated rings. The number of carbonyl (C=O) groups excluding carboxylic acids is 1. The van der Waals surface area contributed by atoms with Gasteiger partial charge in [0.1, 0.15) is 11.5 Å². The van der Waals surface area contributed by atoms with Crippen LogP contribution in [0.5, 0.6) is 0 Å². The Morgan fingerprint density at radius 1 is 1.11 bits per heavy atom. The molecule has 1 amide bonds. The molecule has 140 valence electrons. The molecule has 0 saturated carbocycles. The number of H-pyrrole nitrogens is 1. The molecule has 0 bridgehead atoms. The minimum atomic E-state index is -0.134. The number of rotatable bonds is 5. The number of halogens is 1. The highest BCUT2D eigenvalue weighted by atomic mass is 19.1. The van der Waals surface area contributed by atoms with Gasteiger partial charge in [-0.05, 0) is 50.0 Å². The number of carbonyl (C=O) groups is 1. The van der Waals surface area contributed by atoms with E-state index in [1.165, 1.54) is 6.07 Å². The Morgan fingerprint density at radius 2 is 1.85 bits per heavy atom. The molecule has 2 N–H and O–H groups in total. The smallest absolute Gasteiger partial charge is 0.267 e. The number of para-hydroxylation sites is 1. The molecular weight excluding hydrogens is 341 g/mol. The first kappa shape index (κ1) is 17.7. The van der Waals surface area contributed by atoms with Gasteiger partial charge in [0.05, 0.1) is 0 Å². The molecular formula is C22H24FN3O. The number of likely N-dealkylation sites (tertiary alicyclic amines) is 1. The second kappa shape index (κ2) is 7.92. The van der Waals surface area contributed by atoms with Crippen molar-refractivity contribution in [1.29, 1.82) is 0 Å². The van der Waals surface area contributed by atoms with Gasteiger partial charge in [-0.25, -0.2) is 4.39 Å². The molecule has 27 heavy (non-hydrogen) atoms. The molecule has 2 aromatic carbocycles. The maximum absolute atomic E-state index is 13.8. The molecule has 1 saturated heterocycles. The highest BCUT2D eigenvalue weighted by Gasteiger charge is 2.21. The van der Waals surface area contributed by atoms with Crippen molar-refractivity contribution in [2.75, 3.05) is 19.6 Å². The molecule has 2 heterocycles. The number of hydrogen-bond acceptors (Lipinski definition) is 2. The van der Waals surface area contributed by atoms with Gasteiger partial charge in [0.25, 0.3) is 5.91 Å². The van der Waals surface area contributed by atoms with Gasteiger partial charge in [0.15, 0.2) is 0 Å². The topological polar surface area (TPSA) is 48.1 Å². The SMILES string of the molecule is O=C(NCC1CCN(Cc2ccccc2F)CC1)c1cc2ccccc2[nH]1. The third-order valence-corrected chi connectivity index (χ3v) is 5.38. The van der Waals surface area contributed by atoms with Crippen molar-refractivity contribution in [2.45, 2.75) is 19.4 Å². The molecule has 1 aliphatic rings. The zero-order valence-corrected chi connectivity index (χ0v) is 15.2. The summed E-state index contributed by atoms with van der Waals surface area (Å²) in [6.07, 6.45) is 2.03. The van der Waals surface area contributed by atoms with Gasteiger partial charge >= 0.3 is 0 Å². The fourth-order valence-corrected chi connectivity index (χ4v) is 3.74. The van der Waals surface area contributed by atoms with Crippen LogP contribution in [0.3, 0.4) is 0 Å². The van der Waals surface area contributed by atoms with E-state index in [0.717, 1.165) is 42.4 Å². The van der Waals surface area contributed by atoms with Crippen molar-refractivity contribution >= 4 is 16.8 Å². The lowest BCUT2D eigenvalue weighted by atomic mass is 9.96. The first-order valence-electron chi connectivity index (χ1n) is 9.51. The maximum atomic E-state index is 13.8. The molecule has 4 rings (SSSR count). The van der Waals surface area contributed by atoms with Crippen LogP contribution in [0, 0.1) is 11.7 Å². The summed E-state index contributed by atoms with van der Waals surface area (Å²) in [5.41, 5.74) is 2.33. The Bertz CT molecular complexity index is 895. The van der Waals surface area contributed by atoms with Crippen LogP contribution in [-0.4, -0.2) is 35.4 Å². The number of piperidine rings is 1. The molecule has 3 aromatic rings. The quantitative estimate of drug-likeness (QED) is 0.719. The fraction of sp³-hybridized carbons (Fsp3) is 0.318. The summed E-state index contributed by atoms with van der Waals surface area (Å²) in [6, 6.07) is 16.7. The van der Waals surface area contributed by atoms with Crippen LogP contribution in [0.2, 0.25) is 0 Å². The zero-order valence-electron chi connectivity index (χ0n) is 15.2. The summed E-state index contributed by atoms with van der Waals surface area (Å²) < 4.78 is 13.8. The standard InChI is InChI=1S/C22H24FN3O/c23-19-7-3-1-6-18(19)15-26-11-9-16(10-12-26)14-24-22(27)21-13-17-5-2-4-8-20(17)25-21/h1-8,13,16,25H,9-12,14-15H2,(H,24,27). The molecule has 4 nitrogen and oxygen atoms in total. The number of nitrogens with one attached hydrogen (secondary N) is 2. The predicted molar refractivity (Wildman–Crippen MR) is 105 cm³/mol. The Labute approximate surface area is 158 Å². The summed E-state index contributed by atoms with van der Waals surface area (Å²) in [4.78, 5) is 17.9. The predicted octanol–water partition coefficient (Wildman–Crippen LogP) is 3.95. The van der Waals surface area contributed by atoms with Crippen molar-refractivity contribution in [2.24, 2.45) is 5.92 Å². The normalized spacial score (nSPS) is 15.9. The highest BCUT2D eigenvalue weighted by molar-refractivity contribution is 5.97. The van der Waals surface area contributed by atoms with Gasteiger partial charge in [-0.2, -0.15) is 0 Å². The summed E-state index contributed by atoms with van der Waals surface area (Å²) >= 11 is 0. The number of nitrogens with zero attached hydrogens (tertiary/aromatic N) is 1. The van der Waals surface area contributed by atoms with Gasteiger partial charge in [-0.3, -0.25) is 9.69 Å². The van der Waals surface area contributed by atoms with Crippen LogP contribution in [0.1, 0.15) is 28.9 Å². The van der Waals surface area contributed by atoms with Crippen LogP contribution in [0.25, 0.3) is 10.9 Å². The number of benzene rings is 2. The van der Waals surface area contributed by atoms with Gasteiger partial charge < -0.3 is 10.3 Å². The summed E-state index contributed by atoms with van der Waals surface area (Å²) in [5.74, 6) is 0.278. The van der Waals surface area contributed by atoms with Gasteiger partial charge in [0.2, 0.25) is 0 Å². The van der Waals surface area contributed by atoms with Crippen molar-refractivity contribution < 1.29 is 9.18 Å². The van der Waals surface area contributed by atoms with Gasteiger partial charge in [0, 0.05) is 29.6 Å². The van der Waals surface area contributed by atoms with Crippen molar-refractivity contribution in [1.82, 2.24) is 15.2 Å². The molecule has 0 unspecified atom stereocenters. The summed E-state index contributed by atoms with van der Waals surface area (Å²) in [7, 11) is 0. The average molecular weight is 365 g/mol. The van der Waals surface area contributed by atoms with E-state index in [1.54, 1.807) is 6.07 Å². The Morgan fingerprint density at radius 3 is 2.63 bits per heavy atom. The number of aromatic amines is 1. The minimum absolute atomic E-state index is 0.0556. The van der Waals surface area contributed by atoms with E-state index in [0.29, 0.717) is 24.7 Å². The van der Waals surface area contributed by atoms with E-state index in [4.69, 9.17) is 0 Å². The number of amides is 1. The molecule has 0 aliphatic carbocycles. The van der Waals surface area contributed by atoms with Crippen molar-refractivity contribution in [3.63, 3.8) is 0 Å². The Balaban J connectivity index is 1.25. The lowest BCUT2D eigenvalue weighted by molar-refractivity contribution is 0.0931. The average Bonchev–Trinajstić information content (AvgIpc) is 3.13. The zero-order chi connectivity index (χ0) is 18.6. The summed E-state index contributed by atoms with van der Waals surface area (Å²) in [5, 5.41) is 4.10. The maximum Gasteiger partial charge on any atom is 0.267 e. The lowest BCUT2D eigenvalue weighted by Crippen LogP contribution is -2.38. The molecule has 0 spiro atoms. The molecule has 5 heteroatoms. The van der Waals surface area contributed by atoms with Crippen LogP contribution in [0.15, 0.2) is 54.6 Å². The lowest BCUT2D eigenvalue weighted by Gasteiger charge is -2.32. The van der Waals surface area contributed by atoms with E-state index in [9.17, 15) is 9.18 Å². The van der Waals surface area contributed by atoms with Crippen LogP contribution in [0.4, 0.5) is 4.39 Å².